The van der Waals surface area contributed by atoms with Crippen LogP contribution in [-0.4, -0.2) is 48.1 Å². The molecule has 0 aromatic heterocycles. The number of carboxylic acid groups (broad SMARTS) is 1. The average molecular weight is 467 g/mol. The molecule has 0 radical (unpaired) electrons. The van der Waals surface area contributed by atoms with Crippen molar-refractivity contribution in [2.75, 3.05) is 13.2 Å². The minimum atomic E-state index is -1.18. The lowest BCUT2D eigenvalue weighted by Crippen LogP contribution is -2.41. The number of ether oxygens (including phenoxy) is 2. The van der Waals surface area contributed by atoms with Gasteiger partial charge in [-0.05, 0) is 49.4 Å². The van der Waals surface area contributed by atoms with Crippen molar-refractivity contribution in [2.24, 2.45) is 0 Å². The third-order valence-electron chi connectivity index (χ3n) is 5.24. The number of carbonyl (C=O) groups excluding carboxylic acids is 2. The summed E-state index contributed by atoms with van der Waals surface area (Å²) >= 11 is 0. The number of carboxylic acids is 1. The third kappa shape index (κ3) is 6.60. The fourth-order valence-corrected chi connectivity index (χ4v) is 3.78. The van der Waals surface area contributed by atoms with Crippen LogP contribution < -0.4 is 10.6 Å². The Morgan fingerprint density at radius 3 is 2.12 bits per heavy atom. The first-order valence-corrected chi connectivity index (χ1v) is 11.1. The van der Waals surface area contributed by atoms with Crippen molar-refractivity contribution in [3.63, 3.8) is 0 Å². The lowest BCUT2D eigenvalue weighted by molar-refractivity contribution is -0.139. The van der Waals surface area contributed by atoms with Gasteiger partial charge in [0.15, 0.2) is 0 Å². The molecule has 3 rings (SSSR count). The molecule has 1 atom stereocenters. The minimum absolute atomic E-state index is 0.0372. The van der Waals surface area contributed by atoms with Crippen molar-refractivity contribution >= 4 is 18.2 Å². The highest BCUT2D eigenvalue weighted by atomic mass is 16.6. The van der Waals surface area contributed by atoms with Crippen molar-refractivity contribution in [3.8, 4) is 11.1 Å². The van der Waals surface area contributed by atoms with Crippen LogP contribution in [0, 0.1) is 0 Å². The molecule has 1 aliphatic carbocycles. The van der Waals surface area contributed by atoms with Crippen LogP contribution in [-0.2, 0) is 14.3 Å². The Bertz CT molecular complexity index is 1030. The Labute approximate surface area is 199 Å². The smallest absolute Gasteiger partial charge is 0.407 e. The van der Waals surface area contributed by atoms with Crippen molar-refractivity contribution in [1.82, 2.24) is 10.6 Å². The first-order valence-electron chi connectivity index (χ1n) is 11.1. The summed E-state index contributed by atoms with van der Waals surface area (Å²) in [6, 6.07) is 14.8. The second-order valence-corrected chi connectivity index (χ2v) is 8.95. The Morgan fingerprint density at radius 2 is 1.56 bits per heavy atom. The summed E-state index contributed by atoms with van der Waals surface area (Å²) in [5.74, 6) is -1.29. The van der Waals surface area contributed by atoms with E-state index in [0.717, 1.165) is 22.3 Å². The molecule has 2 aromatic rings. The molecule has 0 aliphatic heterocycles. The van der Waals surface area contributed by atoms with Gasteiger partial charge < -0.3 is 25.2 Å². The zero-order chi connectivity index (χ0) is 24.7. The molecule has 180 valence electrons. The summed E-state index contributed by atoms with van der Waals surface area (Å²) in [5.41, 5.74) is 3.77. The van der Waals surface area contributed by atoms with E-state index in [1.165, 1.54) is 0 Å². The van der Waals surface area contributed by atoms with Crippen molar-refractivity contribution < 1.29 is 29.0 Å². The number of aliphatic carboxylic acids is 1. The number of amides is 2. The number of alkyl carbamates (subject to hydrolysis) is 2. The summed E-state index contributed by atoms with van der Waals surface area (Å²) in [6.07, 6.45) is 1.84. The largest absolute Gasteiger partial charge is 0.480 e. The van der Waals surface area contributed by atoms with E-state index in [9.17, 15) is 19.5 Å². The quantitative estimate of drug-likeness (QED) is 0.495. The highest BCUT2D eigenvalue weighted by Gasteiger charge is 2.29. The third-order valence-corrected chi connectivity index (χ3v) is 5.24. The normalized spacial score (nSPS) is 13.6. The number of carbonyl (C=O) groups is 3. The van der Waals surface area contributed by atoms with Gasteiger partial charge in [0.25, 0.3) is 0 Å². The van der Waals surface area contributed by atoms with Gasteiger partial charge in [0, 0.05) is 12.5 Å². The van der Waals surface area contributed by atoms with Gasteiger partial charge in [-0.15, -0.1) is 0 Å². The van der Waals surface area contributed by atoms with Crippen molar-refractivity contribution in [3.05, 3.63) is 71.8 Å². The zero-order valence-electron chi connectivity index (χ0n) is 19.5. The van der Waals surface area contributed by atoms with E-state index in [4.69, 9.17) is 9.47 Å². The fourth-order valence-electron chi connectivity index (χ4n) is 3.78. The maximum atomic E-state index is 12.4. The van der Waals surface area contributed by atoms with E-state index in [1.54, 1.807) is 32.9 Å². The van der Waals surface area contributed by atoms with Gasteiger partial charge in [0.05, 0.1) is 0 Å². The standard InChI is InChI=1S/C26H30N2O6/c1-26(2,3)34-24(31)27-15-9-8-14-22(23(29)30)28-25(32)33-16-21-19-12-6-4-10-17(19)18-11-5-7-13-20(18)21/h4-13,21-22H,14-16H2,1-3H3,(H,27,31)(H,28,32)(H,29,30)/b9-8+/t22-/m0/s1. The van der Waals surface area contributed by atoms with Crippen molar-refractivity contribution in [2.45, 2.75) is 44.8 Å². The van der Waals surface area contributed by atoms with Crippen LogP contribution in [0.4, 0.5) is 9.59 Å². The second-order valence-electron chi connectivity index (χ2n) is 8.95. The molecule has 3 N–H and O–H groups in total. The second kappa shape index (κ2) is 10.9. The Balaban J connectivity index is 1.50. The van der Waals surface area contributed by atoms with Gasteiger partial charge in [0.2, 0.25) is 0 Å². The molecular formula is C26H30N2O6. The molecule has 0 bridgehead atoms. The first kappa shape index (κ1) is 24.8. The number of fused-ring (bicyclic) bond motifs is 3. The maximum Gasteiger partial charge on any atom is 0.407 e. The van der Waals surface area contributed by atoms with E-state index in [2.05, 4.69) is 10.6 Å². The number of hydrogen-bond donors (Lipinski definition) is 3. The number of benzene rings is 2. The van der Waals surface area contributed by atoms with Crippen LogP contribution in [0.15, 0.2) is 60.7 Å². The summed E-state index contributed by atoms with van der Waals surface area (Å²) in [5, 5.41) is 14.4. The molecule has 34 heavy (non-hydrogen) atoms. The Kier molecular flexibility index (Phi) is 7.94. The number of rotatable bonds is 8. The molecule has 0 spiro atoms. The van der Waals surface area contributed by atoms with Gasteiger partial charge in [-0.2, -0.15) is 0 Å². The molecule has 8 heteroatoms. The lowest BCUT2D eigenvalue weighted by atomic mass is 9.98. The Hall–Kier alpha value is -3.81. The van der Waals surface area contributed by atoms with Crippen LogP contribution in [0.3, 0.4) is 0 Å². The molecule has 8 nitrogen and oxygen atoms in total. The van der Waals surface area contributed by atoms with Crippen LogP contribution in [0.1, 0.15) is 44.2 Å². The minimum Gasteiger partial charge on any atom is -0.480 e. The van der Waals surface area contributed by atoms with Gasteiger partial charge >= 0.3 is 18.2 Å². The van der Waals surface area contributed by atoms with Gasteiger partial charge in [-0.25, -0.2) is 14.4 Å². The van der Waals surface area contributed by atoms with Gasteiger partial charge in [-0.1, -0.05) is 60.7 Å². The molecule has 2 amide bonds. The number of hydrogen-bond acceptors (Lipinski definition) is 5. The Morgan fingerprint density at radius 1 is 0.971 bits per heavy atom. The molecular weight excluding hydrogens is 436 g/mol. The summed E-state index contributed by atoms with van der Waals surface area (Å²) in [6.45, 7) is 5.55. The molecule has 0 heterocycles. The van der Waals surface area contributed by atoms with Crippen LogP contribution in [0.5, 0.6) is 0 Å². The first-order chi connectivity index (χ1) is 16.2. The molecule has 1 aliphatic rings. The SMILES string of the molecule is CC(C)(C)OC(=O)NC/C=C/C[C@H](NC(=O)OCC1c2ccccc2-c2ccccc21)C(=O)O. The number of nitrogens with one attached hydrogen (secondary N) is 2. The molecule has 2 aromatic carbocycles. The summed E-state index contributed by atoms with van der Waals surface area (Å²) in [7, 11) is 0. The molecule has 0 fully saturated rings. The van der Waals surface area contributed by atoms with Crippen LogP contribution in [0.2, 0.25) is 0 Å². The van der Waals surface area contributed by atoms with Gasteiger partial charge in [-0.3, -0.25) is 0 Å². The molecule has 0 unspecified atom stereocenters. The monoisotopic (exact) mass is 466 g/mol. The molecule has 0 saturated heterocycles. The van der Waals surface area contributed by atoms with E-state index >= 15 is 0 Å². The summed E-state index contributed by atoms with van der Waals surface area (Å²) in [4.78, 5) is 35.5. The lowest BCUT2D eigenvalue weighted by Gasteiger charge is -2.19. The predicted molar refractivity (Wildman–Crippen MR) is 128 cm³/mol. The highest BCUT2D eigenvalue weighted by Crippen LogP contribution is 2.44. The predicted octanol–water partition coefficient (Wildman–Crippen LogP) is 4.45. The van der Waals surface area contributed by atoms with E-state index in [-0.39, 0.29) is 25.5 Å². The van der Waals surface area contributed by atoms with Crippen LogP contribution in [0.25, 0.3) is 11.1 Å². The zero-order valence-corrected chi connectivity index (χ0v) is 19.5. The highest BCUT2D eigenvalue weighted by molar-refractivity contribution is 5.81. The van der Waals surface area contributed by atoms with Crippen molar-refractivity contribution in [1.29, 1.82) is 0 Å². The van der Waals surface area contributed by atoms with Gasteiger partial charge in [0.1, 0.15) is 18.2 Å². The average Bonchev–Trinajstić information content (AvgIpc) is 3.09. The van der Waals surface area contributed by atoms with E-state index in [0.29, 0.717) is 0 Å². The molecule has 0 saturated carbocycles. The summed E-state index contributed by atoms with van der Waals surface area (Å²) < 4.78 is 10.5. The maximum absolute atomic E-state index is 12.4. The van der Waals surface area contributed by atoms with E-state index in [1.807, 2.05) is 48.5 Å². The topological polar surface area (TPSA) is 114 Å². The van der Waals surface area contributed by atoms with E-state index < -0.39 is 29.8 Å². The van der Waals surface area contributed by atoms with Crippen LogP contribution >= 0.6 is 0 Å². The fraction of sp³-hybridized carbons (Fsp3) is 0.346.